The Hall–Kier alpha value is -2.17. The van der Waals surface area contributed by atoms with Gasteiger partial charge in [-0.05, 0) is 11.1 Å². The van der Waals surface area contributed by atoms with E-state index in [1.54, 1.807) is 0 Å². The van der Waals surface area contributed by atoms with Gasteiger partial charge in [0, 0.05) is 5.92 Å². The molecule has 2 rings (SSSR count). The Kier molecular flexibility index (Phi) is 4.87. The second-order valence-electron chi connectivity index (χ2n) is 4.35. The summed E-state index contributed by atoms with van der Waals surface area (Å²) in [7, 11) is 0. The molecule has 0 bridgehead atoms. The molecule has 0 spiro atoms. The number of carbonyl (C=O) groups is 1. The minimum absolute atomic E-state index is 0.470. The van der Waals surface area contributed by atoms with Crippen molar-refractivity contribution >= 4 is 5.97 Å². The van der Waals surface area contributed by atoms with Crippen LogP contribution in [0.25, 0.3) is 0 Å². The van der Waals surface area contributed by atoms with Gasteiger partial charge in [0.1, 0.15) is 6.79 Å². The van der Waals surface area contributed by atoms with Gasteiger partial charge in [0.15, 0.2) is 6.10 Å². The number of aliphatic carboxylic acids is 1. The van der Waals surface area contributed by atoms with Crippen molar-refractivity contribution in [2.45, 2.75) is 12.0 Å². The van der Waals surface area contributed by atoms with Crippen molar-refractivity contribution in [3.63, 3.8) is 0 Å². The Labute approximate surface area is 117 Å². The molecule has 20 heavy (non-hydrogen) atoms. The van der Waals surface area contributed by atoms with E-state index in [0.29, 0.717) is 0 Å². The lowest BCUT2D eigenvalue weighted by Crippen LogP contribution is -2.32. The van der Waals surface area contributed by atoms with Crippen LogP contribution in [0.15, 0.2) is 60.7 Å². The number of carboxylic acids is 1. The minimum Gasteiger partial charge on any atom is -0.479 e. The van der Waals surface area contributed by atoms with Gasteiger partial charge >= 0.3 is 5.97 Å². The summed E-state index contributed by atoms with van der Waals surface area (Å²) in [6.07, 6.45) is -1.13. The highest BCUT2D eigenvalue weighted by Gasteiger charge is 2.31. The number of benzene rings is 2. The molecule has 104 valence electrons. The maximum Gasteiger partial charge on any atom is 0.333 e. The van der Waals surface area contributed by atoms with Gasteiger partial charge in [-0.1, -0.05) is 60.7 Å². The van der Waals surface area contributed by atoms with Crippen molar-refractivity contribution in [3.05, 3.63) is 71.8 Å². The van der Waals surface area contributed by atoms with Crippen LogP contribution in [0.3, 0.4) is 0 Å². The molecule has 0 aliphatic rings. The molecule has 4 heteroatoms. The average Bonchev–Trinajstić information content (AvgIpc) is 2.49. The van der Waals surface area contributed by atoms with Gasteiger partial charge in [-0.15, -0.1) is 0 Å². The molecule has 0 saturated carbocycles. The molecule has 0 amide bonds. The lowest BCUT2D eigenvalue weighted by atomic mass is 9.86. The van der Waals surface area contributed by atoms with E-state index in [1.165, 1.54) is 0 Å². The van der Waals surface area contributed by atoms with Crippen molar-refractivity contribution in [2.75, 3.05) is 6.79 Å². The Balaban J connectivity index is 2.46. The van der Waals surface area contributed by atoms with Crippen LogP contribution >= 0.6 is 0 Å². The molecular formula is C16H16O4. The fraction of sp³-hybridized carbons (Fsp3) is 0.188. The lowest BCUT2D eigenvalue weighted by Gasteiger charge is -2.24. The largest absolute Gasteiger partial charge is 0.479 e. The van der Waals surface area contributed by atoms with Gasteiger partial charge in [0.05, 0.1) is 0 Å². The van der Waals surface area contributed by atoms with Gasteiger partial charge in [0.25, 0.3) is 0 Å². The van der Waals surface area contributed by atoms with E-state index in [4.69, 9.17) is 9.84 Å². The second-order valence-corrected chi connectivity index (χ2v) is 4.35. The van der Waals surface area contributed by atoms with E-state index in [-0.39, 0.29) is 0 Å². The topological polar surface area (TPSA) is 66.8 Å². The molecule has 0 aliphatic heterocycles. The maximum absolute atomic E-state index is 11.4. The predicted molar refractivity (Wildman–Crippen MR) is 74.3 cm³/mol. The van der Waals surface area contributed by atoms with E-state index in [2.05, 4.69) is 0 Å². The lowest BCUT2D eigenvalue weighted by molar-refractivity contribution is -0.158. The Morgan fingerprint density at radius 2 is 1.40 bits per heavy atom. The molecule has 2 aromatic rings. The Bertz CT molecular complexity index is 499. The Morgan fingerprint density at radius 3 is 1.75 bits per heavy atom. The van der Waals surface area contributed by atoms with Crippen molar-refractivity contribution in [2.24, 2.45) is 0 Å². The molecule has 0 saturated heterocycles. The summed E-state index contributed by atoms with van der Waals surface area (Å²) < 4.78 is 5.03. The third-order valence-corrected chi connectivity index (χ3v) is 3.12. The number of ether oxygens (including phenoxy) is 1. The van der Waals surface area contributed by atoms with E-state index < -0.39 is 24.8 Å². The van der Waals surface area contributed by atoms with E-state index >= 15 is 0 Å². The number of aliphatic hydroxyl groups is 1. The summed E-state index contributed by atoms with van der Waals surface area (Å²) in [5.74, 6) is -1.57. The highest BCUT2D eigenvalue weighted by atomic mass is 16.6. The van der Waals surface area contributed by atoms with Gasteiger partial charge in [-0.2, -0.15) is 0 Å². The third-order valence-electron chi connectivity index (χ3n) is 3.12. The van der Waals surface area contributed by atoms with Crippen LogP contribution < -0.4 is 0 Å². The minimum atomic E-state index is -1.13. The molecule has 0 aliphatic carbocycles. The van der Waals surface area contributed by atoms with Crippen LogP contribution in [0.1, 0.15) is 17.0 Å². The summed E-state index contributed by atoms with van der Waals surface area (Å²) in [4.78, 5) is 11.4. The summed E-state index contributed by atoms with van der Waals surface area (Å²) in [5, 5.41) is 18.3. The standard InChI is InChI=1S/C16H16O4/c17-11-20-15(16(18)19)14(12-7-3-1-4-8-12)13-9-5-2-6-10-13/h1-10,14-15,17H,11H2,(H,18,19). The molecule has 1 unspecified atom stereocenters. The quantitative estimate of drug-likeness (QED) is 0.791. The van der Waals surface area contributed by atoms with E-state index in [1.807, 2.05) is 60.7 Å². The summed E-state index contributed by atoms with van der Waals surface area (Å²) in [5.41, 5.74) is 1.67. The highest BCUT2D eigenvalue weighted by molar-refractivity contribution is 5.75. The molecule has 0 fully saturated rings. The number of rotatable bonds is 6. The number of carboxylic acid groups (broad SMARTS) is 1. The first kappa shape index (κ1) is 14.2. The zero-order valence-corrected chi connectivity index (χ0v) is 10.8. The van der Waals surface area contributed by atoms with Gasteiger partial charge in [-0.3, -0.25) is 0 Å². The molecule has 0 heterocycles. The number of hydrogen-bond donors (Lipinski definition) is 2. The predicted octanol–water partition coefficient (Wildman–Crippen LogP) is 2.24. The van der Waals surface area contributed by atoms with Gasteiger partial charge in [-0.25, -0.2) is 4.79 Å². The van der Waals surface area contributed by atoms with Gasteiger partial charge < -0.3 is 14.9 Å². The fourth-order valence-corrected chi connectivity index (χ4v) is 2.25. The molecule has 0 aromatic heterocycles. The van der Waals surface area contributed by atoms with Crippen molar-refractivity contribution in [1.82, 2.24) is 0 Å². The van der Waals surface area contributed by atoms with Crippen molar-refractivity contribution in [1.29, 1.82) is 0 Å². The van der Waals surface area contributed by atoms with Crippen LogP contribution in [0.4, 0.5) is 0 Å². The van der Waals surface area contributed by atoms with Crippen LogP contribution in [0.5, 0.6) is 0 Å². The molecule has 1 atom stereocenters. The molecule has 4 nitrogen and oxygen atoms in total. The van der Waals surface area contributed by atoms with E-state index in [0.717, 1.165) is 11.1 Å². The first-order valence-electron chi connectivity index (χ1n) is 6.29. The number of hydrogen-bond acceptors (Lipinski definition) is 3. The van der Waals surface area contributed by atoms with Crippen LogP contribution in [0, 0.1) is 0 Å². The van der Waals surface area contributed by atoms with Crippen molar-refractivity contribution < 1.29 is 19.7 Å². The molecule has 2 aromatic carbocycles. The highest BCUT2D eigenvalue weighted by Crippen LogP contribution is 2.29. The second kappa shape index (κ2) is 6.84. The zero-order valence-electron chi connectivity index (χ0n) is 10.8. The monoisotopic (exact) mass is 272 g/mol. The SMILES string of the molecule is O=C(O)C(OCO)C(c1ccccc1)c1ccccc1. The first-order valence-corrected chi connectivity index (χ1v) is 6.29. The Morgan fingerprint density at radius 1 is 0.950 bits per heavy atom. The van der Waals surface area contributed by atoms with Gasteiger partial charge in [0.2, 0.25) is 0 Å². The van der Waals surface area contributed by atoms with Crippen molar-refractivity contribution in [3.8, 4) is 0 Å². The summed E-state index contributed by atoms with van der Waals surface area (Å²) in [6.45, 7) is -0.632. The molecular weight excluding hydrogens is 256 g/mol. The normalized spacial score (nSPS) is 12.3. The van der Waals surface area contributed by atoms with Crippen LogP contribution in [0.2, 0.25) is 0 Å². The smallest absolute Gasteiger partial charge is 0.333 e. The summed E-state index contributed by atoms with van der Waals surface area (Å²) in [6, 6.07) is 18.6. The molecule has 0 radical (unpaired) electrons. The maximum atomic E-state index is 11.4. The van der Waals surface area contributed by atoms with Crippen LogP contribution in [-0.4, -0.2) is 29.1 Å². The third kappa shape index (κ3) is 3.23. The summed E-state index contributed by atoms with van der Waals surface area (Å²) >= 11 is 0. The number of aliphatic hydroxyl groups excluding tert-OH is 1. The fourth-order valence-electron chi connectivity index (χ4n) is 2.25. The zero-order chi connectivity index (χ0) is 14.4. The molecule has 2 N–H and O–H groups in total. The average molecular weight is 272 g/mol. The van der Waals surface area contributed by atoms with E-state index in [9.17, 15) is 9.90 Å². The van der Waals surface area contributed by atoms with Crippen LogP contribution in [-0.2, 0) is 9.53 Å². The first-order chi connectivity index (χ1) is 9.74.